The molecule has 0 radical (unpaired) electrons. The van der Waals surface area contributed by atoms with E-state index >= 15 is 8.78 Å². The minimum atomic E-state index is -0.664. The number of aromatic nitrogens is 7. The van der Waals surface area contributed by atoms with Crippen molar-refractivity contribution >= 4 is 34.8 Å². The average molecular weight is 566 g/mol. The van der Waals surface area contributed by atoms with Gasteiger partial charge in [-0.05, 0) is 53.5 Å². The van der Waals surface area contributed by atoms with Crippen LogP contribution in [0.5, 0.6) is 0 Å². The van der Waals surface area contributed by atoms with E-state index in [2.05, 4.69) is 30.5 Å². The fourth-order valence-corrected chi connectivity index (χ4v) is 5.53. The Kier molecular flexibility index (Phi) is 6.37. The number of nitrogens with one attached hydrogen (secondary N) is 1. The van der Waals surface area contributed by atoms with Crippen molar-refractivity contribution in [2.75, 3.05) is 11.9 Å². The lowest BCUT2D eigenvalue weighted by molar-refractivity contribution is -0.129. The maximum atomic E-state index is 15.3. The second-order valence-electron chi connectivity index (χ2n) is 9.63. The molecule has 0 aliphatic carbocycles. The van der Waals surface area contributed by atoms with E-state index in [1.165, 1.54) is 55.6 Å². The number of fused-ring (bicyclic) bond motifs is 1. The standard InChI is InChI=1S/C26H22ClF2N9O2/c1-13(39)36(2)26-23(28)16(7-8-30-26)18-11-31-25(33-18)20-5-3-15-9-14(10-21(40)38(15)20)22-19(37-12-32-34-35-37)6-4-17(27)24(22)29/h4,6-8,10-12,15,20H,3,5,9H2,1-2H3,(H,31,33)/t15-,20+/m0/s1. The molecule has 14 heteroatoms. The van der Waals surface area contributed by atoms with E-state index < -0.39 is 11.6 Å². The number of nitrogens with zero attached hydrogens (tertiary/aromatic N) is 8. The Bertz CT molecular complexity index is 1670. The van der Waals surface area contributed by atoms with Gasteiger partial charge in [-0.1, -0.05) is 11.6 Å². The van der Waals surface area contributed by atoms with E-state index in [-0.39, 0.29) is 45.9 Å². The number of aromatic amines is 1. The van der Waals surface area contributed by atoms with Crippen LogP contribution in [-0.2, 0) is 9.59 Å². The second-order valence-corrected chi connectivity index (χ2v) is 10.0. The number of hydrogen-bond acceptors (Lipinski definition) is 7. The number of rotatable bonds is 5. The van der Waals surface area contributed by atoms with Crippen molar-refractivity contribution in [3.63, 3.8) is 0 Å². The summed E-state index contributed by atoms with van der Waals surface area (Å²) < 4.78 is 31.9. The molecule has 5 heterocycles. The molecule has 204 valence electrons. The Morgan fingerprint density at radius 1 is 1.18 bits per heavy atom. The average Bonchev–Trinajstić information content (AvgIpc) is 3.71. The summed E-state index contributed by atoms with van der Waals surface area (Å²) in [6.07, 6.45) is 7.32. The molecule has 1 fully saturated rings. The van der Waals surface area contributed by atoms with Gasteiger partial charge in [0.25, 0.3) is 0 Å². The minimum Gasteiger partial charge on any atom is -0.340 e. The van der Waals surface area contributed by atoms with Gasteiger partial charge < -0.3 is 9.88 Å². The number of halogens is 3. The predicted octanol–water partition coefficient (Wildman–Crippen LogP) is 3.88. The summed E-state index contributed by atoms with van der Waals surface area (Å²) in [6, 6.07) is 3.93. The Balaban J connectivity index is 1.31. The zero-order chi connectivity index (χ0) is 28.1. The molecule has 0 spiro atoms. The fraction of sp³-hybridized carbons (Fsp3) is 0.269. The summed E-state index contributed by atoms with van der Waals surface area (Å²) in [4.78, 5) is 39.6. The normalized spacial score (nSPS) is 18.6. The molecule has 3 aromatic heterocycles. The number of benzene rings is 1. The number of H-pyrrole nitrogens is 1. The molecule has 2 atom stereocenters. The second kappa shape index (κ2) is 9.90. The van der Waals surface area contributed by atoms with Crippen LogP contribution in [0.2, 0.25) is 5.02 Å². The molecule has 1 aromatic carbocycles. The zero-order valence-electron chi connectivity index (χ0n) is 21.3. The van der Waals surface area contributed by atoms with Gasteiger partial charge in [0.1, 0.15) is 12.2 Å². The van der Waals surface area contributed by atoms with Crippen molar-refractivity contribution in [1.82, 2.24) is 40.1 Å². The van der Waals surface area contributed by atoms with E-state index in [1.54, 1.807) is 11.0 Å². The third kappa shape index (κ3) is 4.22. The van der Waals surface area contributed by atoms with Crippen molar-refractivity contribution in [2.24, 2.45) is 0 Å². The highest BCUT2D eigenvalue weighted by atomic mass is 35.5. The maximum Gasteiger partial charge on any atom is 0.247 e. The SMILES string of the molecule is CC(=O)N(C)c1nccc(-c2cnc([C@H]3CC[C@H]4CC(c5c(-n6cnnn6)ccc(Cl)c5F)=CC(=O)N43)[nH]2)c1F. The molecule has 1 N–H and O–H groups in total. The summed E-state index contributed by atoms with van der Waals surface area (Å²) in [5.74, 6) is -1.56. The first-order valence-corrected chi connectivity index (χ1v) is 12.8. The van der Waals surface area contributed by atoms with Gasteiger partial charge in [-0.25, -0.2) is 18.7 Å². The van der Waals surface area contributed by atoms with Gasteiger partial charge in [-0.15, -0.1) is 5.10 Å². The minimum absolute atomic E-state index is 0.0731. The summed E-state index contributed by atoms with van der Waals surface area (Å²) >= 11 is 6.10. The van der Waals surface area contributed by atoms with E-state index in [0.29, 0.717) is 42.0 Å². The number of tetrazole rings is 1. The first kappa shape index (κ1) is 25.7. The molecule has 2 aliphatic rings. The van der Waals surface area contributed by atoms with Crippen molar-refractivity contribution in [2.45, 2.75) is 38.3 Å². The highest BCUT2D eigenvalue weighted by molar-refractivity contribution is 6.31. The van der Waals surface area contributed by atoms with Gasteiger partial charge in [-0.2, -0.15) is 4.68 Å². The molecule has 2 aliphatic heterocycles. The maximum absolute atomic E-state index is 15.3. The molecule has 6 rings (SSSR count). The lowest BCUT2D eigenvalue weighted by atomic mass is 9.92. The van der Waals surface area contributed by atoms with E-state index in [0.717, 1.165) is 4.90 Å². The topological polar surface area (TPSA) is 126 Å². The predicted molar refractivity (Wildman–Crippen MR) is 140 cm³/mol. The number of carbonyl (C=O) groups excluding carboxylic acids is 2. The quantitative estimate of drug-likeness (QED) is 0.389. The monoisotopic (exact) mass is 565 g/mol. The molecule has 2 amide bonds. The summed E-state index contributed by atoms with van der Waals surface area (Å²) in [6.45, 7) is 1.32. The van der Waals surface area contributed by atoms with Crippen LogP contribution >= 0.6 is 11.6 Å². The van der Waals surface area contributed by atoms with Crippen LogP contribution in [0.4, 0.5) is 14.6 Å². The smallest absolute Gasteiger partial charge is 0.247 e. The molecular formula is C26H22ClF2N9O2. The van der Waals surface area contributed by atoms with Gasteiger partial charge >= 0.3 is 0 Å². The van der Waals surface area contributed by atoms with Crippen LogP contribution in [0.25, 0.3) is 22.5 Å². The van der Waals surface area contributed by atoms with Crippen LogP contribution in [0.3, 0.4) is 0 Å². The lowest BCUT2D eigenvalue weighted by Crippen LogP contribution is -2.39. The van der Waals surface area contributed by atoms with Crippen molar-refractivity contribution < 1.29 is 18.4 Å². The molecular weight excluding hydrogens is 544 g/mol. The molecule has 4 aromatic rings. The van der Waals surface area contributed by atoms with Crippen LogP contribution < -0.4 is 4.90 Å². The number of amides is 2. The third-order valence-corrected chi connectivity index (χ3v) is 7.65. The Labute approximate surface area is 231 Å². The lowest BCUT2D eigenvalue weighted by Gasteiger charge is -2.33. The number of imidazole rings is 1. The molecule has 1 saturated heterocycles. The molecule has 0 unspecified atom stereocenters. The summed E-state index contributed by atoms with van der Waals surface area (Å²) in [5.41, 5.74) is 1.64. The summed E-state index contributed by atoms with van der Waals surface area (Å²) in [5, 5.41) is 11.0. The number of hydrogen-bond donors (Lipinski definition) is 1. The Morgan fingerprint density at radius 3 is 2.75 bits per heavy atom. The van der Waals surface area contributed by atoms with E-state index in [4.69, 9.17) is 11.6 Å². The van der Waals surface area contributed by atoms with Crippen LogP contribution in [-0.4, -0.2) is 65.0 Å². The molecule has 11 nitrogen and oxygen atoms in total. The van der Waals surface area contributed by atoms with Gasteiger partial charge in [0, 0.05) is 43.4 Å². The Hall–Kier alpha value is -4.52. The number of pyridine rings is 1. The fourth-order valence-electron chi connectivity index (χ4n) is 5.37. The molecule has 0 saturated carbocycles. The zero-order valence-corrected chi connectivity index (χ0v) is 22.1. The van der Waals surface area contributed by atoms with Gasteiger partial charge in [0.2, 0.25) is 11.8 Å². The van der Waals surface area contributed by atoms with Crippen molar-refractivity contribution in [3.05, 3.63) is 71.0 Å². The van der Waals surface area contributed by atoms with E-state index in [9.17, 15) is 9.59 Å². The van der Waals surface area contributed by atoms with Gasteiger partial charge in [-0.3, -0.25) is 14.5 Å². The van der Waals surface area contributed by atoms with Crippen molar-refractivity contribution in [3.8, 4) is 16.9 Å². The highest BCUT2D eigenvalue weighted by Crippen LogP contribution is 2.44. The number of carbonyl (C=O) groups is 2. The number of anilines is 1. The highest BCUT2D eigenvalue weighted by Gasteiger charge is 2.42. The van der Waals surface area contributed by atoms with Crippen LogP contribution in [0.15, 0.2) is 43.0 Å². The summed E-state index contributed by atoms with van der Waals surface area (Å²) in [7, 11) is 1.44. The molecule has 40 heavy (non-hydrogen) atoms. The van der Waals surface area contributed by atoms with Crippen molar-refractivity contribution in [1.29, 1.82) is 0 Å². The Morgan fingerprint density at radius 2 is 2.00 bits per heavy atom. The van der Waals surface area contributed by atoms with Crippen LogP contribution in [0, 0.1) is 11.6 Å². The molecule has 0 bridgehead atoms. The van der Waals surface area contributed by atoms with Gasteiger partial charge in [0.15, 0.2) is 17.5 Å². The van der Waals surface area contributed by atoms with E-state index in [1.807, 2.05) is 0 Å². The largest absolute Gasteiger partial charge is 0.340 e. The first-order chi connectivity index (χ1) is 19.2. The van der Waals surface area contributed by atoms with Gasteiger partial charge in [0.05, 0.1) is 28.6 Å². The third-order valence-electron chi connectivity index (χ3n) is 7.36. The van der Waals surface area contributed by atoms with Crippen LogP contribution in [0.1, 0.15) is 43.6 Å². The first-order valence-electron chi connectivity index (χ1n) is 12.4.